The van der Waals surface area contributed by atoms with Gasteiger partial charge in [-0.3, -0.25) is 9.59 Å². The molecule has 2 amide bonds. The average Bonchev–Trinajstić information content (AvgIpc) is 2.66. The van der Waals surface area contributed by atoms with E-state index >= 15 is 0 Å². The van der Waals surface area contributed by atoms with Crippen molar-refractivity contribution < 1.29 is 19.1 Å². The molecule has 0 saturated heterocycles. The van der Waals surface area contributed by atoms with E-state index in [0.29, 0.717) is 23.6 Å². The van der Waals surface area contributed by atoms with E-state index in [1.165, 1.54) is 14.2 Å². The lowest BCUT2D eigenvalue weighted by molar-refractivity contribution is -0.125. The van der Waals surface area contributed by atoms with Crippen LogP contribution in [0.2, 0.25) is 0 Å². The summed E-state index contributed by atoms with van der Waals surface area (Å²) in [4.78, 5) is 24.1. The first-order chi connectivity index (χ1) is 12.5. The smallest absolute Gasteiger partial charge is 0.243 e. The third kappa shape index (κ3) is 7.16. The number of carbonyl (C=O) groups is 2. The van der Waals surface area contributed by atoms with Crippen molar-refractivity contribution >= 4 is 29.9 Å². The summed E-state index contributed by atoms with van der Waals surface area (Å²) in [6.45, 7) is -0.180. The molecule has 1 atom stereocenters. The number of anilines is 1. The quantitative estimate of drug-likeness (QED) is 0.634. The molecule has 0 bridgehead atoms. The van der Waals surface area contributed by atoms with Gasteiger partial charge in [0.25, 0.3) is 0 Å². The Morgan fingerprint density at radius 2 is 1.63 bits per heavy atom. The molecule has 0 aliphatic rings. The topological polar surface area (TPSA) is 103 Å². The Morgan fingerprint density at radius 1 is 1.04 bits per heavy atom. The molecule has 2 aromatic rings. The lowest BCUT2D eigenvalue weighted by atomic mass is 10.1. The summed E-state index contributed by atoms with van der Waals surface area (Å²) >= 11 is 0. The third-order valence-electron chi connectivity index (χ3n) is 3.69. The highest BCUT2D eigenvalue weighted by Crippen LogP contribution is 2.25. The van der Waals surface area contributed by atoms with Crippen molar-refractivity contribution in [1.82, 2.24) is 5.32 Å². The number of benzene rings is 2. The summed E-state index contributed by atoms with van der Waals surface area (Å²) in [5.74, 6) is 0.343. The Bertz CT molecular complexity index is 734. The minimum absolute atomic E-state index is 0. The molecule has 146 valence electrons. The maximum Gasteiger partial charge on any atom is 0.243 e. The zero-order valence-corrected chi connectivity index (χ0v) is 16.0. The second kappa shape index (κ2) is 11.1. The van der Waals surface area contributed by atoms with Crippen LogP contribution < -0.4 is 25.8 Å². The number of ether oxygens (including phenoxy) is 2. The summed E-state index contributed by atoms with van der Waals surface area (Å²) in [5.41, 5.74) is 7.36. The number of nitrogens with one attached hydrogen (secondary N) is 2. The van der Waals surface area contributed by atoms with Gasteiger partial charge in [0.15, 0.2) is 0 Å². The molecule has 8 heteroatoms. The Balaban J connectivity index is 0.00000364. The number of rotatable bonds is 8. The Hall–Kier alpha value is -2.77. The van der Waals surface area contributed by atoms with E-state index in [0.717, 1.165) is 5.56 Å². The van der Waals surface area contributed by atoms with Crippen LogP contribution in [0.3, 0.4) is 0 Å². The van der Waals surface area contributed by atoms with Crippen molar-refractivity contribution in [3.8, 4) is 11.5 Å². The zero-order chi connectivity index (χ0) is 18.9. The van der Waals surface area contributed by atoms with Gasteiger partial charge in [-0.25, -0.2) is 0 Å². The molecular formula is C19H24ClN3O4. The van der Waals surface area contributed by atoms with Gasteiger partial charge in [0, 0.05) is 23.9 Å². The highest BCUT2D eigenvalue weighted by molar-refractivity contribution is 5.95. The maximum atomic E-state index is 12.0. The van der Waals surface area contributed by atoms with Gasteiger partial charge in [-0.1, -0.05) is 30.3 Å². The Labute approximate surface area is 164 Å². The molecule has 4 N–H and O–H groups in total. The summed E-state index contributed by atoms with van der Waals surface area (Å²) in [5, 5.41) is 5.22. The molecule has 0 saturated carbocycles. The van der Waals surface area contributed by atoms with E-state index < -0.39 is 6.04 Å². The molecule has 0 unspecified atom stereocenters. The molecule has 0 heterocycles. The van der Waals surface area contributed by atoms with E-state index in [-0.39, 0.29) is 30.8 Å². The van der Waals surface area contributed by atoms with E-state index in [1.54, 1.807) is 18.2 Å². The van der Waals surface area contributed by atoms with Crippen molar-refractivity contribution in [2.75, 3.05) is 26.1 Å². The number of hydrogen-bond donors (Lipinski definition) is 3. The molecule has 2 rings (SSSR count). The van der Waals surface area contributed by atoms with Crippen molar-refractivity contribution in [3.05, 3.63) is 54.1 Å². The van der Waals surface area contributed by atoms with Crippen LogP contribution in [-0.2, 0) is 16.0 Å². The van der Waals surface area contributed by atoms with Gasteiger partial charge in [0.1, 0.15) is 11.5 Å². The predicted octanol–water partition coefficient (Wildman–Crippen LogP) is 1.75. The largest absolute Gasteiger partial charge is 0.497 e. The van der Waals surface area contributed by atoms with Crippen LogP contribution in [0.15, 0.2) is 48.5 Å². The lowest BCUT2D eigenvalue weighted by Crippen LogP contribution is -2.44. The Kier molecular flexibility index (Phi) is 9.12. The van der Waals surface area contributed by atoms with E-state index in [4.69, 9.17) is 15.2 Å². The fourth-order valence-electron chi connectivity index (χ4n) is 2.34. The highest BCUT2D eigenvalue weighted by atomic mass is 35.5. The fraction of sp³-hybridized carbons (Fsp3) is 0.263. The Morgan fingerprint density at radius 3 is 2.19 bits per heavy atom. The third-order valence-corrected chi connectivity index (χ3v) is 3.69. The number of amides is 2. The van der Waals surface area contributed by atoms with Gasteiger partial charge >= 0.3 is 0 Å². The number of methoxy groups -OCH3 is 2. The monoisotopic (exact) mass is 393 g/mol. The lowest BCUT2D eigenvalue weighted by Gasteiger charge is -2.13. The second-order valence-corrected chi connectivity index (χ2v) is 5.66. The minimum Gasteiger partial charge on any atom is -0.497 e. The molecule has 27 heavy (non-hydrogen) atoms. The second-order valence-electron chi connectivity index (χ2n) is 5.66. The van der Waals surface area contributed by atoms with Gasteiger partial charge in [0.2, 0.25) is 11.8 Å². The maximum absolute atomic E-state index is 12.0. The van der Waals surface area contributed by atoms with Gasteiger partial charge in [-0.2, -0.15) is 0 Å². The molecule has 0 fully saturated rings. The molecule has 0 spiro atoms. The van der Waals surface area contributed by atoms with E-state index in [9.17, 15) is 9.59 Å². The van der Waals surface area contributed by atoms with Crippen molar-refractivity contribution in [1.29, 1.82) is 0 Å². The molecule has 0 aliphatic heterocycles. The number of halogens is 1. The van der Waals surface area contributed by atoms with Crippen LogP contribution in [0.5, 0.6) is 11.5 Å². The zero-order valence-electron chi connectivity index (χ0n) is 15.2. The SMILES string of the molecule is COc1cc(NC(=O)CNC(=O)[C@@H](N)Cc2ccccc2)cc(OC)c1.Cl. The number of carbonyl (C=O) groups excluding carboxylic acids is 2. The van der Waals surface area contributed by atoms with Gasteiger partial charge in [-0.05, 0) is 12.0 Å². The first kappa shape index (κ1) is 22.3. The van der Waals surface area contributed by atoms with E-state index in [1.807, 2.05) is 30.3 Å². The van der Waals surface area contributed by atoms with Crippen LogP contribution in [0.1, 0.15) is 5.56 Å². The molecule has 2 aromatic carbocycles. The van der Waals surface area contributed by atoms with Gasteiger partial charge in [0.05, 0.1) is 26.8 Å². The first-order valence-corrected chi connectivity index (χ1v) is 8.12. The highest BCUT2D eigenvalue weighted by Gasteiger charge is 2.15. The number of hydrogen-bond acceptors (Lipinski definition) is 5. The van der Waals surface area contributed by atoms with Crippen LogP contribution in [-0.4, -0.2) is 38.6 Å². The fourth-order valence-corrected chi connectivity index (χ4v) is 2.34. The average molecular weight is 394 g/mol. The van der Waals surface area contributed by atoms with Crippen LogP contribution in [0, 0.1) is 0 Å². The van der Waals surface area contributed by atoms with Crippen molar-refractivity contribution in [2.24, 2.45) is 5.73 Å². The summed E-state index contributed by atoms with van der Waals surface area (Å²) in [6, 6.07) is 13.7. The molecule has 0 aromatic heterocycles. The summed E-state index contributed by atoms with van der Waals surface area (Å²) in [7, 11) is 3.05. The minimum atomic E-state index is -0.720. The van der Waals surface area contributed by atoms with Crippen LogP contribution in [0.25, 0.3) is 0 Å². The summed E-state index contributed by atoms with van der Waals surface area (Å²) < 4.78 is 10.3. The van der Waals surface area contributed by atoms with Crippen LogP contribution in [0.4, 0.5) is 5.69 Å². The van der Waals surface area contributed by atoms with E-state index in [2.05, 4.69) is 10.6 Å². The molecule has 7 nitrogen and oxygen atoms in total. The summed E-state index contributed by atoms with van der Waals surface area (Å²) in [6.07, 6.45) is 0.404. The molecule has 0 aliphatic carbocycles. The normalized spacial score (nSPS) is 10.9. The predicted molar refractivity (Wildman–Crippen MR) is 107 cm³/mol. The van der Waals surface area contributed by atoms with Crippen molar-refractivity contribution in [3.63, 3.8) is 0 Å². The van der Waals surface area contributed by atoms with Crippen LogP contribution >= 0.6 is 12.4 Å². The number of nitrogens with two attached hydrogens (primary N) is 1. The van der Waals surface area contributed by atoms with Gasteiger partial charge in [-0.15, -0.1) is 12.4 Å². The molecule has 0 radical (unpaired) electrons. The van der Waals surface area contributed by atoms with Gasteiger partial charge < -0.3 is 25.8 Å². The van der Waals surface area contributed by atoms with Crippen molar-refractivity contribution in [2.45, 2.75) is 12.5 Å². The first-order valence-electron chi connectivity index (χ1n) is 8.12. The molecular weight excluding hydrogens is 370 g/mol. The standard InChI is InChI=1S/C19H23N3O4.ClH/c1-25-15-9-14(10-16(11-15)26-2)22-18(23)12-21-19(24)17(20)8-13-6-4-3-5-7-13;/h3-7,9-11,17H,8,12,20H2,1-2H3,(H,21,24)(H,22,23);1H/t17-;/m0./s1.